The lowest BCUT2D eigenvalue weighted by molar-refractivity contribution is -0.379. The van der Waals surface area contributed by atoms with E-state index >= 15 is 0 Å². The van der Waals surface area contributed by atoms with Gasteiger partial charge in [-0.05, 0) is 5.56 Å². The SMILES string of the molecule is COC(=O)[C@H](CC(=O)N[C@@H]1O[C@H](CO)[C@@H](O[C@@H]2O[C@H](CO)[C@@H](O[C@@H]3O[C@H](CO)[C@@H](O)[C@H](O[C@H]4O[C@H](CO)[C@@H](O)[C@H](O)[C@@H]4O)[C@@H]3O)[C@H](O)[C@H]2NC(C)=O)[C@H](O)[C@H]1NC(C)=O)NC(=O)OCc1ccccc1. The Morgan fingerprint density at radius 2 is 1.07 bits per heavy atom. The van der Waals surface area contributed by atoms with Gasteiger partial charge in [-0.25, -0.2) is 9.59 Å². The number of methoxy groups -OCH3 is 1. The van der Waals surface area contributed by atoms with Crippen LogP contribution in [0.5, 0.6) is 0 Å². The summed E-state index contributed by atoms with van der Waals surface area (Å²) in [6.45, 7) is -1.86. The zero-order valence-corrected chi connectivity index (χ0v) is 37.9. The summed E-state index contributed by atoms with van der Waals surface area (Å²) in [6.07, 6.45) is -34.8. The molecule has 396 valence electrons. The molecule has 4 aliphatic heterocycles. The number of carbonyl (C=O) groups is 5. The van der Waals surface area contributed by atoms with E-state index in [2.05, 4.69) is 21.3 Å². The molecule has 0 saturated carbocycles. The number of nitrogens with one attached hydrogen (secondary N) is 4. The van der Waals surface area contributed by atoms with Crippen LogP contribution in [-0.2, 0) is 68.4 Å². The van der Waals surface area contributed by atoms with Crippen molar-refractivity contribution < 1.29 is 123 Å². The number of alkyl carbamates (subject to hydrolysis) is 1. The van der Waals surface area contributed by atoms with E-state index in [0.717, 1.165) is 21.0 Å². The molecular formula is C41H62N4O25. The van der Waals surface area contributed by atoms with Crippen molar-refractivity contribution >= 4 is 29.8 Å². The highest BCUT2D eigenvalue weighted by molar-refractivity contribution is 5.88. The van der Waals surface area contributed by atoms with Gasteiger partial charge in [0, 0.05) is 13.8 Å². The van der Waals surface area contributed by atoms with Crippen molar-refractivity contribution in [2.45, 2.75) is 156 Å². The minimum Gasteiger partial charge on any atom is -0.467 e. The van der Waals surface area contributed by atoms with Gasteiger partial charge in [-0.3, -0.25) is 14.4 Å². The maximum atomic E-state index is 13.4. The number of benzene rings is 1. The molecule has 0 bridgehead atoms. The zero-order valence-electron chi connectivity index (χ0n) is 37.9. The second-order valence-corrected chi connectivity index (χ2v) is 16.7. The summed E-state index contributed by atoms with van der Waals surface area (Å²) in [5.41, 5.74) is 0.623. The van der Waals surface area contributed by atoms with Crippen LogP contribution in [0.4, 0.5) is 4.79 Å². The van der Waals surface area contributed by atoms with Gasteiger partial charge in [0.25, 0.3) is 0 Å². The van der Waals surface area contributed by atoms with Gasteiger partial charge in [-0.15, -0.1) is 0 Å². The van der Waals surface area contributed by atoms with E-state index in [1.807, 2.05) is 0 Å². The highest BCUT2D eigenvalue weighted by Gasteiger charge is 2.56. The number of hydrogen-bond acceptors (Lipinski definition) is 25. The third kappa shape index (κ3) is 13.8. The summed E-state index contributed by atoms with van der Waals surface area (Å²) in [6, 6.07) is 3.60. The predicted molar refractivity (Wildman–Crippen MR) is 223 cm³/mol. The Kier molecular flexibility index (Phi) is 20.9. The van der Waals surface area contributed by atoms with E-state index in [-0.39, 0.29) is 6.61 Å². The van der Waals surface area contributed by atoms with Gasteiger partial charge >= 0.3 is 12.1 Å². The molecule has 0 spiro atoms. The average molecular weight is 1010 g/mol. The largest absolute Gasteiger partial charge is 0.467 e. The van der Waals surface area contributed by atoms with Crippen LogP contribution >= 0.6 is 0 Å². The Labute approximate surface area is 398 Å². The van der Waals surface area contributed by atoms with E-state index in [1.165, 1.54) is 0 Å². The quantitative estimate of drug-likeness (QED) is 0.0572. The van der Waals surface area contributed by atoms with Gasteiger partial charge in [0.15, 0.2) is 25.1 Å². The standard InChI is InChI=1S/C41H62N4O25/c1-15(50)42-24-28(55)33(21(12-48)64-36(24)45-23(52)9-18(37(60)62-3)44-41(61)63-14-17-7-5-4-6-8-17)68-38-25(43-16(2)51)29(56)34(22(13-49)67-38)69-40-32(59)35(27(54)20(11-47)66-40)70-39-31(58)30(57)26(53)19(10-46)65-39/h4-8,18-22,24-36,38-40,46-49,53-59H,9-14H2,1-3H3,(H,42,50)(H,43,51)(H,44,61)(H,45,52)/t18-,19+,20+,21+,22+,24+,25+,26+,27+,28+,29+,30-,31-,32-,33+,34+,35-,36+,38-,39+,40-/m0/s1. The lowest BCUT2D eigenvalue weighted by Crippen LogP contribution is -2.71. The third-order valence-electron chi connectivity index (χ3n) is 11.7. The van der Waals surface area contributed by atoms with Crippen molar-refractivity contribution in [1.82, 2.24) is 21.3 Å². The van der Waals surface area contributed by atoms with Gasteiger partial charge in [-0.2, -0.15) is 0 Å². The molecular weight excluding hydrogens is 948 g/mol. The third-order valence-corrected chi connectivity index (χ3v) is 11.7. The van der Waals surface area contributed by atoms with Crippen LogP contribution in [0.2, 0.25) is 0 Å². The highest BCUT2D eigenvalue weighted by Crippen LogP contribution is 2.34. The Morgan fingerprint density at radius 1 is 0.571 bits per heavy atom. The van der Waals surface area contributed by atoms with E-state index in [9.17, 15) is 80.1 Å². The molecule has 4 heterocycles. The monoisotopic (exact) mass is 1010 g/mol. The molecule has 4 aliphatic rings. The van der Waals surface area contributed by atoms with E-state index in [0.29, 0.717) is 5.56 Å². The second-order valence-electron chi connectivity index (χ2n) is 16.7. The van der Waals surface area contributed by atoms with E-state index in [4.69, 9.17) is 42.6 Å². The molecule has 21 atom stereocenters. The number of hydrogen-bond donors (Lipinski definition) is 15. The van der Waals surface area contributed by atoms with Gasteiger partial charge in [0.2, 0.25) is 17.7 Å². The Morgan fingerprint density at radius 3 is 1.64 bits per heavy atom. The Hall–Kier alpha value is -4.35. The summed E-state index contributed by atoms with van der Waals surface area (Å²) in [5.74, 6) is -3.63. The first-order chi connectivity index (χ1) is 33.3. The molecule has 15 N–H and O–H groups in total. The van der Waals surface area contributed by atoms with Crippen molar-refractivity contribution in [3.63, 3.8) is 0 Å². The lowest BCUT2D eigenvalue weighted by Gasteiger charge is -2.50. The fourth-order valence-electron chi connectivity index (χ4n) is 8.14. The molecule has 4 fully saturated rings. The van der Waals surface area contributed by atoms with Gasteiger partial charge in [0.1, 0.15) is 110 Å². The van der Waals surface area contributed by atoms with Crippen LogP contribution < -0.4 is 21.3 Å². The number of esters is 1. The van der Waals surface area contributed by atoms with Crippen LogP contribution in [0.1, 0.15) is 25.8 Å². The normalized spacial score (nSPS) is 38.1. The molecule has 1 aromatic carbocycles. The topological polar surface area (TPSA) is 439 Å². The first-order valence-corrected chi connectivity index (χ1v) is 21.9. The van der Waals surface area contributed by atoms with Crippen molar-refractivity contribution in [2.24, 2.45) is 0 Å². The van der Waals surface area contributed by atoms with Crippen LogP contribution in [0.25, 0.3) is 0 Å². The zero-order chi connectivity index (χ0) is 51.6. The van der Waals surface area contributed by atoms with E-state index < -0.39 is 191 Å². The second kappa shape index (κ2) is 25.9. The average Bonchev–Trinajstić information content (AvgIpc) is 3.33. The number of aliphatic hydroxyl groups is 11. The maximum absolute atomic E-state index is 13.4. The van der Waals surface area contributed by atoms with Crippen LogP contribution in [0.15, 0.2) is 30.3 Å². The molecule has 4 amide bonds. The first-order valence-electron chi connectivity index (χ1n) is 21.9. The minimum absolute atomic E-state index is 0.178. The van der Waals surface area contributed by atoms with Crippen molar-refractivity contribution in [3.8, 4) is 0 Å². The van der Waals surface area contributed by atoms with Crippen molar-refractivity contribution in [3.05, 3.63) is 35.9 Å². The molecule has 5 rings (SSSR count). The fourth-order valence-corrected chi connectivity index (χ4v) is 8.14. The van der Waals surface area contributed by atoms with Gasteiger partial charge in [-0.1, -0.05) is 30.3 Å². The van der Waals surface area contributed by atoms with Crippen molar-refractivity contribution in [1.29, 1.82) is 0 Å². The molecule has 4 saturated heterocycles. The number of carbonyl (C=O) groups excluding carboxylic acids is 5. The lowest BCUT2D eigenvalue weighted by atomic mass is 9.93. The van der Waals surface area contributed by atoms with Crippen LogP contribution in [-0.4, -0.2) is 248 Å². The summed E-state index contributed by atoms with van der Waals surface area (Å²) >= 11 is 0. The van der Waals surface area contributed by atoms with Crippen LogP contribution in [0, 0.1) is 0 Å². The first kappa shape index (κ1) is 56.6. The summed E-state index contributed by atoms with van der Waals surface area (Å²) in [5, 5.41) is 127. The number of rotatable bonds is 19. The number of aliphatic hydroxyl groups excluding tert-OH is 11. The molecule has 1 aromatic rings. The molecule has 29 heteroatoms. The Bertz CT molecular complexity index is 1870. The highest BCUT2D eigenvalue weighted by atomic mass is 16.8. The van der Waals surface area contributed by atoms with Gasteiger partial charge in [0.05, 0.1) is 40.0 Å². The molecule has 0 aromatic heterocycles. The fraction of sp³-hybridized carbons (Fsp3) is 0.732. The summed E-state index contributed by atoms with van der Waals surface area (Å²) < 4.78 is 50.1. The van der Waals surface area contributed by atoms with Gasteiger partial charge < -0.3 is 120 Å². The predicted octanol–water partition coefficient (Wildman–Crippen LogP) is -8.48. The van der Waals surface area contributed by atoms with Crippen molar-refractivity contribution in [2.75, 3.05) is 33.5 Å². The molecule has 0 aliphatic carbocycles. The van der Waals surface area contributed by atoms with Crippen LogP contribution in [0.3, 0.4) is 0 Å². The molecule has 0 unspecified atom stereocenters. The minimum atomic E-state index is -2.10. The summed E-state index contributed by atoms with van der Waals surface area (Å²) in [7, 11) is 1.00. The number of amides is 4. The molecule has 29 nitrogen and oxygen atoms in total. The summed E-state index contributed by atoms with van der Waals surface area (Å²) in [4.78, 5) is 63.5. The smallest absolute Gasteiger partial charge is 0.408 e. The maximum Gasteiger partial charge on any atom is 0.408 e. The Balaban J connectivity index is 1.31. The van der Waals surface area contributed by atoms with E-state index in [1.54, 1.807) is 30.3 Å². The number of ether oxygens (including phenoxy) is 9. The molecule has 0 radical (unpaired) electrons. The molecule has 70 heavy (non-hydrogen) atoms.